The highest BCUT2D eigenvalue weighted by molar-refractivity contribution is 5.79. The van der Waals surface area contributed by atoms with Crippen molar-refractivity contribution < 1.29 is 14.2 Å². The first kappa shape index (κ1) is 19.4. The van der Waals surface area contributed by atoms with Crippen LogP contribution in [0.15, 0.2) is 41.4 Å². The molecule has 6 nitrogen and oxygen atoms in total. The maximum absolute atomic E-state index is 5.34. The Labute approximate surface area is 155 Å². The number of hydrogen-bond donors (Lipinski definition) is 2. The van der Waals surface area contributed by atoms with E-state index in [-0.39, 0.29) is 0 Å². The molecule has 2 aromatic rings. The highest BCUT2D eigenvalue weighted by Crippen LogP contribution is 2.27. The van der Waals surface area contributed by atoms with Crippen LogP contribution in [0.3, 0.4) is 0 Å². The van der Waals surface area contributed by atoms with Crippen LogP contribution in [0.4, 0.5) is 0 Å². The predicted molar refractivity (Wildman–Crippen MR) is 104 cm³/mol. The van der Waals surface area contributed by atoms with Crippen molar-refractivity contribution in [1.29, 1.82) is 0 Å². The quantitative estimate of drug-likeness (QED) is 0.589. The highest BCUT2D eigenvalue weighted by Gasteiger charge is 2.06. The van der Waals surface area contributed by atoms with Crippen LogP contribution in [0, 0.1) is 6.92 Å². The molecule has 0 aliphatic rings. The Morgan fingerprint density at radius 1 is 0.808 bits per heavy atom. The molecule has 0 fully saturated rings. The Morgan fingerprint density at radius 3 is 1.85 bits per heavy atom. The molecule has 2 aromatic carbocycles. The fraction of sp³-hybridized carbons (Fsp3) is 0.350. The number of ether oxygens (including phenoxy) is 3. The van der Waals surface area contributed by atoms with E-state index in [0.717, 1.165) is 28.4 Å². The number of methoxy groups -OCH3 is 3. The molecule has 0 amide bonds. The van der Waals surface area contributed by atoms with Gasteiger partial charge in [0.1, 0.15) is 5.75 Å². The maximum atomic E-state index is 5.34. The lowest BCUT2D eigenvalue weighted by atomic mass is 10.1. The molecule has 0 unspecified atom stereocenters. The largest absolute Gasteiger partial charge is 0.496 e. The number of nitrogens with zero attached hydrogens (tertiary/aromatic N) is 1. The van der Waals surface area contributed by atoms with E-state index in [0.29, 0.717) is 24.6 Å². The van der Waals surface area contributed by atoms with Crippen LogP contribution in [-0.2, 0) is 13.1 Å². The van der Waals surface area contributed by atoms with Crippen LogP contribution in [0.2, 0.25) is 0 Å². The summed E-state index contributed by atoms with van der Waals surface area (Å²) in [6.07, 6.45) is 0. The molecule has 0 aliphatic heterocycles. The SMILES string of the molecule is CN=C(NCc1ccc(OC)c(C)c1)NCc1ccc(OC)c(OC)c1. The fourth-order valence-corrected chi connectivity index (χ4v) is 2.63. The second-order valence-electron chi connectivity index (χ2n) is 5.77. The number of rotatable bonds is 7. The molecule has 0 aliphatic carbocycles. The predicted octanol–water partition coefficient (Wildman–Crippen LogP) is 2.89. The summed E-state index contributed by atoms with van der Waals surface area (Å²) in [6.45, 7) is 3.34. The summed E-state index contributed by atoms with van der Waals surface area (Å²) in [4.78, 5) is 4.26. The van der Waals surface area contributed by atoms with Gasteiger partial charge in [0.05, 0.1) is 21.3 Å². The Morgan fingerprint density at radius 2 is 1.35 bits per heavy atom. The Hall–Kier alpha value is -2.89. The van der Waals surface area contributed by atoms with Gasteiger partial charge in [-0.15, -0.1) is 0 Å². The molecule has 0 spiro atoms. The minimum absolute atomic E-state index is 0.627. The number of hydrogen-bond acceptors (Lipinski definition) is 4. The smallest absolute Gasteiger partial charge is 0.191 e. The standard InChI is InChI=1S/C20H27N3O3/c1-14-10-15(6-8-17(14)24-3)12-22-20(21-2)23-13-16-7-9-18(25-4)19(11-16)26-5/h6-11H,12-13H2,1-5H3,(H2,21,22,23). The van der Waals surface area contributed by atoms with E-state index in [4.69, 9.17) is 14.2 Å². The zero-order valence-electron chi connectivity index (χ0n) is 16.1. The lowest BCUT2D eigenvalue weighted by Gasteiger charge is -2.14. The molecule has 0 atom stereocenters. The van der Waals surface area contributed by atoms with Crippen LogP contribution in [0.25, 0.3) is 0 Å². The molecule has 0 saturated heterocycles. The molecule has 26 heavy (non-hydrogen) atoms. The van der Waals surface area contributed by atoms with E-state index in [1.54, 1.807) is 28.4 Å². The van der Waals surface area contributed by atoms with Crippen molar-refractivity contribution in [3.8, 4) is 17.2 Å². The maximum Gasteiger partial charge on any atom is 0.191 e. The Bertz CT molecular complexity index is 760. The van der Waals surface area contributed by atoms with Gasteiger partial charge in [0.15, 0.2) is 17.5 Å². The van der Waals surface area contributed by atoms with Crippen molar-refractivity contribution >= 4 is 5.96 Å². The van der Waals surface area contributed by atoms with Crippen molar-refractivity contribution in [2.45, 2.75) is 20.0 Å². The van der Waals surface area contributed by atoms with Gasteiger partial charge in [0.2, 0.25) is 0 Å². The van der Waals surface area contributed by atoms with E-state index >= 15 is 0 Å². The molecule has 2 N–H and O–H groups in total. The second kappa shape index (κ2) is 9.56. The first-order chi connectivity index (χ1) is 12.6. The zero-order chi connectivity index (χ0) is 18.9. The van der Waals surface area contributed by atoms with Crippen LogP contribution in [0.5, 0.6) is 17.2 Å². The van der Waals surface area contributed by atoms with Gasteiger partial charge in [0.25, 0.3) is 0 Å². The van der Waals surface area contributed by atoms with E-state index in [1.165, 1.54) is 0 Å². The molecule has 140 valence electrons. The van der Waals surface area contributed by atoms with Crippen molar-refractivity contribution in [2.75, 3.05) is 28.4 Å². The zero-order valence-corrected chi connectivity index (χ0v) is 16.1. The van der Waals surface area contributed by atoms with Crippen molar-refractivity contribution in [3.63, 3.8) is 0 Å². The number of nitrogens with one attached hydrogen (secondary N) is 2. The summed E-state index contributed by atoms with van der Waals surface area (Å²) in [5.74, 6) is 3.05. The van der Waals surface area contributed by atoms with Crippen LogP contribution < -0.4 is 24.8 Å². The average molecular weight is 357 g/mol. The van der Waals surface area contributed by atoms with Gasteiger partial charge in [-0.1, -0.05) is 18.2 Å². The van der Waals surface area contributed by atoms with Gasteiger partial charge in [-0.25, -0.2) is 0 Å². The van der Waals surface area contributed by atoms with Crippen molar-refractivity contribution in [3.05, 3.63) is 53.1 Å². The number of benzene rings is 2. The van der Waals surface area contributed by atoms with Crippen molar-refractivity contribution in [1.82, 2.24) is 10.6 Å². The third kappa shape index (κ3) is 5.05. The third-order valence-corrected chi connectivity index (χ3v) is 4.05. The molecule has 0 heterocycles. The minimum atomic E-state index is 0.627. The summed E-state index contributed by atoms with van der Waals surface area (Å²) in [5.41, 5.74) is 3.35. The van der Waals surface area contributed by atoms with Crippen LogP contribution >= 0.6 is 0 Å². The summed E-state index contributed by atoms with van der Waals surface area (Å²) in [5, 5.41) is 6.61. The number of aliphatic imine (C=N–C) groups is 1. The molecule has 0 bridgehead atoms. The summed E-state index contributed by atoms with van der Waals surface area (Å²) in [7, 11) is 6.69. The number of guanidine groups is 1. The Balaban J connectivity index is 1.93. The third-order valence-electron chi connectivity index (χ3n) is 4.05. The van der Waals surface area contributed by atoms with Crippen LogP contribution in [0.1, 0.15) is 16.7 Å². The highest BCUT2D eigenvalue weighted by atomic mass is 16.5. The molecule has 6 heteroatoms. The first-order valence-corrected chi connectivity index (χ1v) is 8.40. The molecular weight excluding hydrogens is 330 g/mol. The molecule has 2 rings (SSSR count). The van der Waals surface area contributed by atoms with E-state index < -0.39 is 0 Å². The molecule has 0 radical (unpaired) electrons. The lowest BCUT2D eigenvalue weighted by Crippen LogP contribution is -2.36. The first-order valence-electron chi connectivity index (χ1n) is 8.40. The topological polar surface area (TPSA) is 64.1 Å². The van der Waals surface area contributed by atoms with Crippen LogP contribution in [-0.4, -0.2) is 34.3 Å². The van der Waals surface area contributed by atoms with Gasteiger partial charge in [0, 0.05) is 20.1 Å². The van der Waals surface area contributed by atoms with E-state index in [2.05, 4.69) is 21.7 Å². The van der Waals surface area contributed by atoms with Gasteiger partial charge < -0.3 is 24.8 Å². The second-order valence-corrected chi connectivity index (χ2v) is 5.77. The summed E-state index contributed by atoms with van der Waals surface area (Å²) >= 11 is 0. The van der Waals surface area contributed by atoms with Gasteiger partial charge in [-0.3, -0.25) is 4.99 Å². The van der Waals surface area contributed by atoms with Gasteiger partial charge >= 0.3 is 0 Å². The summed E-state index contributed by atoms with van der Waals surface area (Å²) in [6, 6.07) is 12.0. The summed E-state index contributed by atoms with van der Waals surface area (Å²) < 4.78 is 15.9. The van der Waals surface area contributed by atoms with E-state index in [1.807, 2.05) is 37.3 Å². The van der Waals surface area contributed by atoms with E-state index in [9.17, 15) is 0 Å². The monoisotopic (exact) mass is 357 g/mol. The fourth-order valence-electron chi connectivity index (χ4n) is 2.63. The minimum Gasteiger partial charge on any atom is -0.496 e. The number of aryl methyl sites for hydroxylation is 1. The van der Waals surface area contributed by atoms with Gasteiger partial charge in [-0.05, 0) is 41.8 Å². The van der Waals surface area contributed by atoms with Gasteiger partial charge in [-0.2, -0.15) is 0 Å². The normalized spacial score (nSPS) is 11.0. The lowest BCUT2D eigenvalue weighted by molar-refractivity contribution is 0.354. The van der Waals surface area contributed by atoms with Crippen molar-refractivity contribution in [2.24, 2.45) is 4.99 Å². The Kier molecular flexibility index (Phi) is 7.14. The molecular formula is C20H27N3O3. The molecule has 0 aromatic heterocycles. The molecule has 0 saturated carbocycles. The average Bonchev–Trinajstić information content (AvgIpc) is 2.68.